The molecule has 0 radical (unpaired) electrons. The highest BCUT2D eigenvalue weighted by atomic mass is 15.2. The zero-order chi connectivity index (χ0) is 10.3. The van der Waals surface area contributed by atoms with Gasteiger partial charge in [0.05, 0.1) is 0 Å². The molecule has 0 aromatic heterocycles. The largest absolute Gasteiger partial charge is 0.329 e. The first kappa shape index (κ1) is 12.9. The van der Waals surface area contributed by atoms with E-state index in [-0.39, 0.29) is 5.54 Å². The van der Waals surface area contributed by atoms with Gasteiger partial charge in [-0.15, -0.1) is 0 Å². The average Bonchev–Trinajstić information content (AvgIpc) is 2.16. The predicted octanol–water partition coefficient (Wildman–Crippen LogP) is 2.24. The Kier molecular flexibility index (Phi) is 6.35. The van der Waals surface area contributed by atoms with Crippen molar-refractivity contribution in [1.82, 2.24) is 4.90 Å². The summed E-state index contributed by atoms with van der Waals surface area (Å²) in [6.45, 7) is 8.57. The topological polar surface area (TPSA) is 29.3 Å². The maximum atomic E-state index is 5.91. The first-order valence-electron chi connectivity index (χ1n) is 5.58. The minimum absolute atomic E-state index is 0.262. The molecule has 13 heavy (non-hydrogen) atoms. The van der Waals surface area contributed by atoms with Crippen LogP contribution in [0.2, 0.25) is 0 Å². The van der Waals surface area contributed by atoms with Crippen LogP contribution in [0.1, 0.15) is 46.5 Å². The van der Waals surface area contributed by atoms with E-state index in [9.17, 15) is 0 Å². The summed E-state index contributed by atoms with van der Waals surface area (Å²) < 4.78 is 0. The molecule has 0 amide bonds. The van der Waals surface area contributed by atoms with Crippen LogP contribution in [0.5, 0.6) is 0 Å². The molecule has 0 spiro atoms. The molecule has 0 fully saturated rings. The lowest BCUT2D eigenvalue weighted by Crippen LogP contribution is -2.51. The van der Waals surface area contributed by atoms with Gasteiger partial charge in [0.15, 0.2) is 0 Å². The van der Waals surface area contributed by atoms with E-state index in [2.05, 4.69) is 32.7 Å². The fraction of sp³-hybridized carbons (Fsp3) is 1.00. The summed E-state index contributed by atoms with van der Waals surface area (Å²) in [4.78, 5) is 2.42. The van der Waals surface area contributed by atoms with Gasteiger partial charge in [-0.2, -0.15) is 0 Å². The molecular formula is C11H26N2. The predicted molar refractivity (Wildman–Crippen MR) is 59.9 cm³/mol. The van der Waals surface area contributed by atoms with E-state index in [0.717, 1.165) is 13.1 Å². The van der Waals surface area contributed by atoms with Gasteiger partial charge in [-0.1, -0.05) is 33.6 Å². The smallest absolute Gasteiger partial charge is 0.0328 e. The molecule has 0 heterocycles. The minimum Gasteiger partial charge on any atom is -0.329 e. The Labute approximate surface area is 83.5 Å². The number of hydrogen-bond acceptors (Lipinski definition) is 2. The lowest BCUT2D eigenvalue weighted by Gasteiger charge is -2.41. The fourth-order valence-corrected chi connectivity index (χ4v) is 2.13. The highest BCUT2D eigenvalue weighted by Gasteiger charge is 2.29. The molecule has 2 N–H and O–H groups in total. The molecule has 0 aromatic rings. The Balaban J connectivity index is 4.42. The summed E-state index contributed by atoms with van der Waals surface area (Å²) in [5.74, 6) is 0. The molecule has 0 aliphatic rings. The van der Waals surface area contributed by atoms with Crippen molar-refractivity contribution in [1.29, 1.82) is 0 Å². The number of hydrogen-bond donors (Lipinski definition) is 1. The molecular weight excluding hydrogens is 160 g/mol. The lowest BCUT2D eigenvalue weighted by molar-refractivity contribution is 0.109. The van der Waals surface area contributed by atoms with Crippen LogP contribution in [0.3, 0.4) is 0 Å². The first-order valence-corrected chi connectivity index (χ1v) is 5.58. The van der Waals surface area contributed by atoms with Crippen molar-refractivity contribution in [3.8, 4) is 0 Å². The second kappa shape index (κ2) is 6.39. The lowest BCUT2D eigenvalue weighted by atomic mass is 9.87. The second-order valence-corrected chi connectivity index (χ2v) is 3.94. The van der Waals surface area contributed by atoms with Gasteiger partial charge < -0.3 is 5.73 Å². The zero-order valence-electron chi connectivity index (χ0n) is 9.77. The molecule has 0 saturated carbocycles. The summed E-state index contributed by atoms with van der Waals surface area (Å²) >= 11 is 0. The van der Waals surface area contributed by atoms with E-state index in [1.54, 1.807) is 0 Å². The minimum atomic E-state index is 0.262. The van der Waals surface area contributed by atoms with Crippen LogP contribution in [0, 0.1) is 0 Å². The monoisotopic (exact) mass is 186 g/mol. The Bertz CT molecular complexity index is 117. The molecule has 2 heteroatoms. The van der Waals surface area contributed by atoms with Crippen LogP contribution in [0.25, 0.3) is 0 Å². The number of likely N-dealkylation sites (N-methyl/N-ethyl adjacent to an activating group) is 1. The molecule has 0 aliphatic carbocycles. The van der Waals surface area contributed by atoms with Crippen LogP contribution in [0.15, 0.2) is 0 Å². The van der Waals surface area contributed by atoms with E-state index in [0.29, 0.717) is 0 Å². The van der Waals surface area contributed by atoms with Crippen molar-refractivity contribution in [2.24, 2.45) is 5.73 Å². The summed E-state index contributed by atoms with van der Waals surface area (Å²) in [6.07, 6.45) is 4.90. The van der Waals surface area contributed by atoms with Gasteiger partial charge in [-0.25, -0.2) is 0 Å². The third kappa shape index (κ3) is 3.28. The van der Waals surface area contributed by atoms with Gasteiger partial charge in [0.2, 0.25) is 0 Å². The zero-order valence-corrected chi connectivity index (χ0v) is 9.77. The van der Waals surface area contributed by atoms with E-state index >= 15 is 0 Å². The van der Waals surface area contributed by atoms with Crippen molar-refractivity contribution in [2.75, 3.05) is 20.1 Å². The van der Waals surface area contributed by atoms with Gasteiger partial charge in [0, 0.05) is 12.1 Å². The third-order valence-corrected chi connectivity index (χ3v) is 3.09. The van der Waals surface area contributed by atoms with Crippen LogP contribution in [0.4, 0.5) is 0 Å². The van der Waals surface area contributed by atoms with Crippen LogP contribution >= 0.6 is 0 Å². The van der Waals surface area contributed by atoms with Crippen molar-refractivity contribution < 1.29 is 0 Å². The quantitative estimate of drug-likeness (QED) is 0.660. The SMILES string of the molecule is CCCC(CN)(CCC)N(C)CC. The van der Waals surface area contributed by atoms with Crippen molar-refractivity contribution in [2.45, 2.75) is 52.0 Å². The molecule has 0 saturated heterocycles. The van der Waals surface area contributed by atoms with Crippen molar-refractivity contribution in [3.63, 3.8) is 0 Å². The van der Waals surface area contributed by atoms with E-state index in [1.807, 2.05) is 0 Å². The Morgan fingerprint density at radius 1 is 1.08 bits per heavy atom. The summed E-state index contributed by atoms with van der Waals surface area (Å²) in [5.41, 5.74) is 6.18. The van der Waals surface area contributed by atoms with E-state index < -0.39 is 0 Å². The Morgan fingerprint density at radius 2 is 1.54 bits per heavy atom. The van der Waals surface area contributed by atoms with Gasteiger partial charge in [-0.05, 0) is 26.4 Å². The molecule has 0 aromatic carbocycles. The van der Waals surface area contributed by atoms with Gasteiger partial charge in [0.25, 0.3) is 0 Å². The third-order valence-electron chi connectivity index (χ3n) is 3.09. The normalized spacial score (nSPS) is 12.5. The maximum Gasteiger partial charge on any atom is 0.0328 e. The molecule has 0 unspecified atom stereocenters. The van der Waals surface area contributed by atoms with Crippen molar-refractivity contribution >= 4 is 0 Å². The number of nitrogens with zero attached hydrogens (tertiary/aromatic N) is 1. The van der Waals surface area contributed by atoms with Crippen LogP contribution < -0.4 is 5.73 Å². The highest BCUT2D eigenvalue weighted by molar-refractivity contribution is 4.89. The number of rotatable bonds is 7. The maximum absolute atomic E-state index is 5.91. The number of nitrogens with two attached hydrogens (primary N) is 1. The molecule has 0 atom stereocenters. The standard InChI is InChI=1S/C11H26N2/c1-5-8-11(10-12,9-6-2)13(4)7-3/h5-10,12H2,1-4H3. The molecule has 0 rings (SSSR count). The molecule has 2 nitrogen and oxygen atoms in total. The van der Waals surface area contributed by atoms with Crippen LogP contribution in [-0.4, -0.2) is 30.6 Å². The summed E-state index contributed by atoms with van der Waals surface area (Å²) in [7, 11) is 2.19. The van der Waals surface area contributed by atoms with Crippen molar-refractivity contribution in [3.05, 3.63) is 0 Å². The van der Waals surface area contributed by atoms with Gasteiger partial charge >= 0.3 is 0 Å². The van der Waals surface area contributed by atoms with Crippen LogP contribution in [-0.2, 0) is 0 Å². The fourth-order valence-electron chi connectivity index (χ4n) is 2.13. The first-order chi connectivity index (χ1) is 6.16. The Morgan fingerprint density at radius 3 is 1.77 bits per heavy atom. The van der Waals surface area contributed by atoms with E-state index in [4.69, 9.17) is 5.73 Å². The highest BCUT2D eigenvalue weighted by Crippen LogP contribution is 2.24. The van der Waals surface area contributed by atoms with Gasteiger partial charge in [-0.3, -0.25) is 4.90 Å². The molecule has 80 valence electrons. The molecule has 0 aliphatic heterocycles. The summed E-state index contributed by atoms with van der Waals surface area (Å²) in [6, 6.07) is 0. The Hall–Kier alpha value is -0.0800. The summed E-state index contributed by atoms with van der Waals surface area (Å²) in [5, 5.41) is 0. The second-order valence-electron chi connectivity index (χ2n) is 3.94. The molecule has 0 bridgehead atoms. The average molecular weight is 186 g/mol. The van der Waals surface area contributed by atoms with Gasteiger partial charge in [0.1, 0.15) is 0 Å². The van der Waals surface area contributed by atoms with E-state index in [1.165, 1.54) is 25.7 Å².